The van der Waals surface area contributed by atoms with E-state index in [0.29, 0.717) is 6.54 Å². The van der Waals surface area contributed by atoms with Crippen LogP contribution in [0, 0.1) is 0 Å². The molecule has 1 amide bonds. The van der Waals surface area contributed by atoms with E-state index in [1.54, 1.807) is 0 Å². The highest BCUT2D eigenvalue weighted by atomic mass is 16.2. The average Bonchev–Trinajstić information content (AvgIpc) is 2.50. The molecule has 0 bridgehead atoms. The van der Waals surface area contributed by atoms with E-state index in [-0.39, 0.29) is 11.3 Å². The summed E-state index contributed by atoms with van der Waals surface area (Å²) in [4.78, 5) is 11.8. The normalized spacial score (nSPS) is 17.8. The van der Waals surface area contributed by atoms with Crippen LogP contribution in [0.3, 0.4) is 0 Å². The molecule has 1 aromatic rings. The first-order valence-electron chi connectivity index (χ1n) is 5.95. The van der Waals surface area contributed by atoms with Gasteiger partial charge in [0, 0.05) is 17.6 Å². The van der Waals surface area contributed by atoms with Gasteiger partial charge in [-0.15, -0.1) is 0 Å². The molecule has 2 rings (SSSR count). The van der Waals surface area contributed by atoms with Crippen molar-refractivity contribution in [3.63, 3.8) is 0 Å². The van der Waals surface area contributed by atoms with Gasteiger partial charge in [0.1, 0.15) is 0 Å². The van der Waals surface area contributed by atoms with Crippen LogP contribution >= 0.6 is 0 Å². The van der Waals surface area contributed by atoms with Gasteiger partial charge < -0.3 is 11.1 Å². The van der Waals surface area contributed by atoms with Crippen LogP contribution in [-0.2, 0) is 15.6 Å². The van der Waals surface area contributed by atoms with Crippen LogP contribution in [-0.4, -0.2) is 12.5 Å². The average molecular weight is 232 g/mol. The van der Waals surface area contributed by atoms with Gasteiger partial charge in [-0.2, -0.15) is 0 Å². The van der Waals surface area contributed by atoms with E-state index in [2.05, 4.69) is 25.2 Å². The molecule has 92 valence electrons. The number of rotatable bonds is 2. The minimum Gasteiger partial charge on any atom is -0.330 e. The summed E-state index contributed by atoms with van der Waals surface area (Å²) >= 11 is 0. The van der Waals surface area contributed by atoms with Gasteiger partial charge in [0.05, 0.1) is 5.41 Å². The third kappa shape index (κ3) is 1.75. The fraction of sp³-hybridized carbons (Fsp3) is 0.500. The molecule has 3 heteroatoms. The number of hydrogen-bond acceptors (Lipinski definition) is 2. The second-order valence-electron chi connectivity index (χ2n) is 5.93. The number of carbonyl (C=O) groups excluding carboxylic acids is 1. The molecule has 1 aliphatic rings. The van der Waals surface area contributed by atoms with E-state index in [4.69, 9.17) is 5.73 Å². The number of amides is 1. The lowest BCUT2D eigenvalue weighted by Gasteiger charge is -2.25. The molecule has 0 radical (unpaired) electrons. The Kier molecular flexibility index (Phi) is 2.54. The van der Waals surface area contributed by atoms with Crippen molar-refractivity contribution in [2.75, 3.05) is 11.9 Å². The van der Waals surface area contributed by atoms with E-state index in [1.807, 2.05) is 26.0 Å². The zero-order valence-corrected chi connectivity index (χ0v) is 10.9. The molecule has 1 aliphatic heterocycles. The summed E-state index contributed by atoms with van der Waals surface area (Å²) in [7, 11) is 0. The van der Waals surface area contributed by atoms with E-state index in [9.17, 15) is 4.79 Å². The summed E-state index contributed by atoms with van der Waals surface area (Å²) in [6.07, 6.45) is 0. The van der Waals surface area contributed by atoms with Crippen LogP contribution in [0.5, 0.6) is 0 Å². The fourth-order valence-electron chi connectivity index (χ4n) is 2.11. The smallest absolute Gasteiger partial charge is 0.234 e. The van der Waals surface area contributed by atoms with Gasteiger partial charge in [-0.1, -0.05) is 26.0 Å². The molecule has 0 unspecified atom stereocenters. The predicted octanol–water partition coefficient (Wildman–Crippen LogP) is 2.15. The molecule has 0 spiro atoms. The lowest BCUT2D eigenvalue weighted by Crippen LogP contribution is -2.29. The molecule has 3 N–H and O–H groups in total. The molecule has 0 aromatic heterocycles. The highest BCUT2D eigenvalue weighted by molar-refractivity contribution is 6.05. The van der Waals surface area contributed by atoms with Crippen LogP contribution in [0.15, 0.2) is 18.2 Å². The van der Waals surface area contributed by atoms with Crippen LogP contribution in [0.4, 0.5) is 5.69 Å². The van der Waals surface area contributed by atoms with Gasteiger partial charge in [0.25, 0.3) is 0 Å². The van der Waals surface area contributed by atoms with Gasteiger partial charge in [0.2, 0.25) is 5.91 Å². The number of nitrogens with one attached hydrogen (secondary N) is 1. The number of nitrogens with two attached hydrogens (primary N) is 1. The first-order chi connectivity index (χ1) is 7.79. The Balaban J connectivity index is 2.53. The Labute approximate surface area is 102 Å². The maximum absolute atomic E-state index is 11.8. The van der Waals surface area contributed by atoms with Crippen molar-refractivity contribution < 1.29 is 4.79 Å². The second-order valence-corrected chi connectivity index (χ2v) is 5.93. The first-order valence-corrected chi connectivity index (χ1v) is 5.95. The van der Waals surface area contributed by atoms with Gasteiger partial charge in [-0.25, -0.2) is 0 Å². The zero-order chi connectivity index (χ0) is 12.8. The standard InChI is InChI=1S/C14H20N2O/c1-13(2,8-15)9-5-6-11-10(7-9)14(3,4)12(17)16-11/h5-7H,8,15H2,1-4H3,(H,16,17). The number of carbonyl (C=O) groups is 1. The Morgan fingerprint density at radius 2 is 2.00 bits per heavy atom. The SMILES string of the molecule is CC(C)(CN)c1ccc2c(c1)C(C)(C)C(=O)N2. The van der Waals surface area contributed by atoms with Crippen molar-refractivity contribution in [2.24, 2.45) is 5.73 Å². The summed E-state index contributed by atoms with van der Waals surface area (Å²) in [5.41, 5.74) is 8.47. The second kappa shape index (κ2) is 3.57. The largest absolute Gasteiger partial charge is 0.330 e. The molecule has 0 atom stereocenters. The number of anilines is 1. The minimum atomic E-state index is -0.448. The molecule has 0 aliphatic carbocycles. The minimum absolute atomic E-state index is 0.0588. The van der Waals surface area contributed by atoms with Gasteiger partial charge in [-0.05, 0) is 31.0 Å². The maximum Gasteiger partial charge on any atom is 0.234 e. The van der Waals surface area contributed by atoms with Crippen molar-refractivity contribution in [1.29, 1.82) is 0 Å². The van der Waals surface area contributed by atoms with E-state index in [1.165, 1.54) is 5.56 Å². The first kappa shape index (κ1) is 12.1. The van der Waals surface area contributed by atoms with E-state index in [0.717, 1.165) is 11.3 Å². The molecule has 0 saturated heterocycles. The van der Waals surface area contributed by atoms with E-state index >= 15 is 0 Å². The molecule has 0 fully saturated rings. The third-order valence-electron chi connectivity index (χ3n) is 3.80. The highest BCUT2D eigenvalue weighted by Gasteiger charge is 2.39. The molecule has 3 nitrogen and oxygen atoms in total. The van der Waals surface area contributed by atoms with E-state index < -0.39 is 5.41 Å². The predicted molar refractivity (Wildman–Crippen MR) is 70.2 cm³/mol. The molecular formula is C14H20N2O. The monoisotopic (exact) mass is 232 g/mol. The Hall–Kier alpha value is -1.35. The fourth-order valence-corrected chi connectivity index (χ4v) is 2.11. The number of hydrogen-bond donors (Lipinski definition) is 2. The van der Waals surface area contributed by atoms with Crippen molar-refractivity contribution in [2.45, 2.75) is 38.5 Å². The van der Waals surface area contributed by atoms with Crippen LogP contribution < -0.4 is 11.1 Å². The third-order valence-corrected chi connectivity index (χ3v) is 3.80. The van der Waals surface area contributed by atoms with Gasteiger partial charge >= 0.3 is 0 Å². The maximum atomic E-state index is 11.8. The quantitative estimate of drug-likeness (QED) is 0.821. The number of benzene rings is 1. The lowest BCUT2D eigenvalue weighted by atomic mass is 9.79. The Bertz CT molecular complexity index is 475. The van der Waals surface area contributed by atoms with Crippen LogP contribution in [0.1, 0.15) is 38.8 Å². The van der Waals surface area contributed by atoms with Crippen molar-refractivity contribution >= 4 is 11.6 Å². The summed E-state index contributed by atoms with van der Waals surface area (Å²) in [5.74, 6) is 0.0650. The van der Waals surface area contributed by atoms with Gasteiger partial charge in [-0.3, -0.25) is 4.79 Å². The number of fused-ring (bicyclic) bond motifs is 1. The topological polar surface area (TPSA) is 55.1 Å². The van der Waals surface area contributed by atoms with Crippen molar-refractivity contribution in [3.05, 3.63) is 29.3 Å². The van der Waals surface area contributed by atoms with Gasteiger partial charge in [0.15, 0.2) is 0 Å². The van der Waals surface area contributed by atoms with Crippen molar-refractivity contribution in [3.8, 4) is 0 Å². The molecule has 0 saturated carbocycles. The van der Waals surface area contributed by atoms with Crippen LogP contribution in [0.25, 0.3) is 0 Å². The zero-order valence-electron chi connectivity index (χ0n) is 10.9. The molecule has 1 heterocycles. The Morgan fingerprint density at radius 1 is 1.35 bits per heavy atom. The summed E-state index contributed by atoms with van der Waals surface area (Å²) in [6.45, 7) is 8.73. The van der Waals surface area contributed by atoms with Crippen molar-refractivity contribution in [1.82, 2.24) is 0 Å². The van der Waals surface area contributed by atoms with Crippen LogP contribution in [0.2, 0.25) is 0 Å². The summed E-state index contributed by atoms with van der Waals surface area (Å²) in [6, 6.07) is 6.14. The molecule has 1 aromatic carbocycles. The molecule has 17 heavy (non-hydrogen) atoms. The highest BCUT2D eigenvalue weighted by Crippen LogP contribution is 2.39. The lowest BCUT2D eigenvalue weighted by molar-refractivity contribution is -0.119. The Morgan fingerprint density at radius 3 is 2.59 bits per heavy atom. The molecular weight excluding hydrogens is 212 g/mol. The summed E-state index contributed by atoms with van der Waals surface area (Å²) in [5, 5.41) is 2.91. The summed E-state index contributed by atoms with van der Waals surface area (Å²) < 4.78 is 0.